The van der Waals surface area contributed by atoms with E-state index in [2.05, 4.69) is 11.0 Å². The molecule has 2 aromatic rings. The number of Topliss-reactive ketones (excluding diaryl/α,β-unsaturated/α-hetero) is 1. The van der Waals surface area contributed by atoms with Crippen molar-refractivity contribution in [3.05, 3.63) is 65.7 Å². The second-order valence-corrected chi connectivity index (χ2v) is 7.59. The lowest BCUT2D eigenvalue weighted by Crippen LogP contribution is -2.53. The summed E-state index contributed by atoms with van der Waals surface area (Å²) in [5, 5.41) is 9.33. The molecular formula is C25H30N4O2. The predicted molar refractivity (Wildman–Crippen MR) is 122 cm³/mol. The van der Waals surface area contributed by atoms with Crippen LogP contribution in [0.15, 0.2) is 54.6 Å². The number of nitrogens with zero attached hydrogens (tertiary/aromatic N) is 4. The molecule has 1 amide bonds. The number of benzene rings is 2. The molecule has 0 spiro atoms. The highest BCUT2D eigenvalue weighted by atomic mass is 16.2. The van der Waals surface area contributed by atoms with Crippen LogP contribution in [0.2, 0.25) is 0 Å². The van der Waals surface area contributed by atoms with Gasteiger partial charge in [-0.3, -0.25) is 14.5 Å². The zero-order valence-electron chi connectivity index (χ0n) is 18.3. The Morgan fingerprint density at radius 1 is 1.00 bits per heavy atom. The van der Waals surface area contributed by atoms with Crippen LogP contribution in [0.1, 0.15) is 31.4 Å². The van der Waals surface area contributed by atoms with Crippen molar-refractivity contribution >= 4 is 17.4 Å². The number of hydrogen-bond acceptors (Lipinski definition) is 5. The quantitative estimate of drug-likeness (QED) is 0.763. The van der Waals surface area contributed by atoms with Crippen molar-refractivity contribution in [1.82, 2.24) is 9.80 Å². The molecule has 2 aliphatic heterocycles. The van der Waals surface area contributed by atoms with Gasteiger partial charge in [0.15, 0.2) is 0 Å². The monoisotopic (exact) mass is 418 g/mol. The first-order valence-electron chi connectivity index (χ1n) is 11.0. The number of anilines is 1. The normalized spacial score (nSPS) is 18.9. The van der Waals surface area contributed by atoms with Gasteiger partial charge in [0.25, 0.3) is 0 Å². The van der Waals surface area contributed by atoms with Crippen LogP contribution in [-0.4, -0.2) is 60.3 Å². The average molecular weight is 419 g/mol. The first kappa shape index (κ1) is 22.5. The van der Waals surface area contributed by atoms with E-state index in [-0.39, 0.29) is 17.7 Å². The van der Waals surface area contributed by atoms with Gasteiger partial charge in [0.1, 0.15) is 11.9 Å². The fourth-order valence-electron chi connectivity index (χ4n) is 4.20. The molecule has 2 aliphatic rings. The Labute approximate surface area is 184 Å². The van der Waals surface area contributed by atoms with Crippen molar-refractivity contribution in [2.75, 3.05) is 37.6 Å². The Hall–Kier alpha value is -3.17. The summed E-state index contributed by atoms with van der Waals surface area (Å²) in [5.74, 6) is 0.167. The maximum atomic E-state index is 13.2. The lowest BCUT2D eigenvalue weighted by atomic mass is 10.1. The van der Waals surface area contributed by atoms with E-state index >= 15 is 0 Å². The Kier molecular flexibility index (Phi) is 7.80. The van der Waals surface area contributed by atoms with Crippen molar-refractivity contribution in [3.63, 3.8) is 0 Å². The van der Waals surface area contributed by atoms with E-state index < -0.39 is 0 Å². The fourth-order valence-corrected chi connectivity index (χ4v) is 4.20. The van der Waals surface area contributed by atoms with Crippen LogP contribution in [0.5, 0.6) is 0 Å². The van der Waals surface area contributed by atoms with Crippen LogP contribution < -0.4 is 4.90 Å². The van der Waals surface area contributed by atoms with Crippen LogP contribution in [0, 0.1) is 11.3 Å². The summed E-state index contributed by atoms with van der Waals surface area (Å²) in [6.07, 6.45) is 0.295. The third kappa shape index (κ3) is 5.31. The lowest BCUT2D eigenvalue weighted by molar-refractivity contribution is -0.136. The average Bonchev–Trinajstić information content (AvgIpc) is 3.20. The largest absolute Gasteiger partial charge is 0.367 e. The molecule has 0 N–H and O–H groups in total. The summed E-state index contributed by atoms with van der Waals surface area (Å²) in [5.41, 5.74) is 2.68. The number of carbonyl (C=O) groups is 2. The van der Waals surface area contributed by atoms with Crippen LogP contribution in [-0.2, 0) is 16.1 Å². The molecule has 2 aromatic carbocycles. The van der Waals surface area contributed by atoms with Crippen molar-refractivity contribution < 1.29 is 9.59 Å². The number of piperazine rings is 1. The van der Waals surface area contributed by atoms with E-state index in [9.17, 15) is 14.9 Å². The van der Waals surface area contributed by atoms with Crippen LogP contribution in [0.4, 0.5) is 5.69 Å². The van der Waals surface area contributed by atoms with Gasteiger partial charge in [-0.25, -0.2) is 0 Å². The smallest absolute Gasteiger partial charge is 0.240 e. The molecule has 0 bridgehead atoms. The molecule has 0 aromatic heterocycles. The van der Waals surface area contributed by atoms with Gasteiger partial charge in [-0.2, -0.15) is 5.26 Å². The van der Waals surface area contributed by atoms with E-state index in [1.165, 1.54) is 0 Å². The molecule has 0 aliphatic carbocycles. The third-order valence-corrected chi connectivity index (χ3v) is 5.71. The summed E-state index contributed by atoms with van der Waals surface area (Å²) in [7, 11) is 0. The molecule has 2 fully saturated rings. The second kappa shape index (κ2) is 10.7. The van der Waals surface area contributed by atoms with Gasteiger partial charge >= 0.3 is 0 Å². The van der Waals surface area contributed by atoms with Crippen LogP contribution >= 0.6 is 0 Å². The Morgan fingerprint density at radius 2 is 1.65 bits per heavy atom. The standard InChI is InChI=1S/C23H24N4O2.C2H6/c24-15-19-8-4-5-9-21(19)25-10-12-26(13-11-25)23(29)22-14-20(28)17-27(22)16-18-6-2-1-3-7-18;1-2/h1-9,22H,10-14,16-17H2;1-2H3. The van der Waals surface area contributed by atoms with Gasteiger partial charge in [0, 0.05) is 39.1 Å². The van der Waals surface area contributed by atoms with E-state index in [1.54, 1.807) is 0 Å². The van der Waals surface area contributed by atoms with Crippen molar-refractivity contribution in [2.24, 2.45) is 0 Å². The zero-order chi connectivity index (χ0) is 22.2. The minimum Gasteiger partial charge on any atom is -0.367 e. The third-order valence-electron chi connectivity index (χ3n) is 5.71. The second-order valence-electron chi connectivity index (χ2n) is 7.59. The van der Waals surface area contributed by atoms with Crippen LogP contribution in [0.3, 0.4) is 0 Å². The Bertz CT molecular complexity index is 930. The van der Waals surface area contributed by atoms with E-state index in [0.29, 0.717) is 51.3 Å². The van der Waals surface area contributed by atoms with Gasteiger partial charge in [0.2, 0.25) is 5.91 Å². The van der Waals surface area contributed by atoms with E-state index in [1.807, 2.05) is 78.2 Å². The number of rotatable bonds is 4. The maximum Gasteiger partial charge on any atom is 0.240 e. The van der Waals surface area contributed by atoms with E-state index in [4.69, 9.17) is 0 Å². The molecule has 0 saturated carbocycles. The highest BCUT2D eigenvalue weighted by Crippen LogP contribution is 2.24. The van der Waals surface area contributed by atoms with Gasteiger partial charge in [-0.1, -0.05) is 56.3 Å². The topological polar surface area (TPSA) is 67.6 Å². The first-order valence-corrected chi connectivity index (χ1v) is 11.0. The summed E-state index contributed by atoms with van der Waals surface area (Å²) in [6, 6.07) is 19.4. The molecule has 6 nitrogen and oxygen atoms in total. The molecule has 0 radical (unpaired) electrons. The molecule has 162 valence electrons. The number of carbonyl (C=O) groups excluding carboxylic acids is 2. The highest BCUT2D eigenvalue weighted by molar-refractivity contribution is 5.93. The molecular weight excluding hydrogens is 388 g/mol. The lowest BCUT2D eigenvalue weighted by Gasteiger charge is -2.38. The predicted octanol–water partition coefficient (Wildman–Crippen LogP) is 3.08. The number of amides is 1. The molecule has 6 heteroatoms. The number of para-hydroxylation sites is 1. The van der Waals surface area contributed by atoms with Gasteiger partial charge in [-0.15, -0.1) is 0 Å². The van der Waals surface area contributed by atoms with Gasteiger partial charge in [-0.05, 0) is 17.7 Å². The molecule has 1 unspecified atom stereocenters. The van der Waals surface area contributed by atoms with Crippen LogP contribution in [0.25, 0.3) is 0 Å². The highest BCUT2D eigenvalue weighted by Gasteiger charge is 2.38. The molecule has 31 heavy (non-hydrogen) atoms. The molecule has 4 rings (SSSR count). The minimum absolute atomic E-state index is 0.0417. The van der Waals surface area contributed by atoms with Gasteiger partial charge < -0.3 is 9.80 Å². The van der Waals surface area contributed by atoms with Crippen molar-refractivity contribution in [3.8, 4) is 6.07 Å². The summed E-state index contributed by atoms with van der Waals surface area (Å²) < 4.78 is 0. The molecule has 1 atom stereocenters. The SMILES string of the molecule is CC.N#Cc1ccccc1N1CCN(C(=O)C2CC(=O)CN2Cc2ccccc2)CC1. The minimum atomic E-state index is -0.374. The molecule has 2 heterocycles. The summed E-state index contributed by atoms with van der Waals surface area (Å²) in [4.78, 5) is 31.3. The Balaban J connectivity index is 0.00000132. The van der Waals surface area contributed by atoms with Crippen molar-refractivity contribution in [2.45, 2.75) is 32.9 Å². The van der Waals surface area contributed by atoms with Gasteiger partial charge in [0.05, 0.1) is 23.8 Å². The number of nitriles is 1. The number of likely N-dealkylation sites (tertiary alicyclic amines) is 1. The maximum absolute atomic E-state index is 13.2. The first-order chi connectivity index (χ1) is 15.2. The van der Waals surface area contributed by atoms with E-state index in [0.717, 1.165) is 11.3 Å². The number of ketones is 1. The summed E-state index contributed by atoms with van der Waals surface area (Å²) >= 11 is 0. The molecule has 2 saturated heterocycles. The zero-order valence-corrected chi connectivity index (χ0v) is 18.3. The van der Waals surface area contributed by atoms with Crippen molar-refractivity contribution in [1.29, 1.82) is 5.26 Å². The summed E-state index contributed by atoms with van der Waals surface area (Å²) in [6.45, 7) is 7.51. The number of hydrogen-bond donors (Lipinski definition) is 0. The fraction of sp³-hybridized carbons (Fsp3) is 0.400. The Morgan fingerprint density at radius 3 is 2.32 bits per heavy atom.